The summed E-state index contributed by atoms with van der Waals surface area (Å²) >= 11 is 1.40. The van der Waals surface area contributed by atoms with E-state index in [2.05, 4.69) is 40.4 Å². The molecule has 0 bridgehead atoms. The molecule has 0 radical (unpaired) electrons. The lowest BCUT2D eigenvalue weighted by Gasteiger charge is -2.14. The van der Waals surface area contributed by atoms with Crippen LogP contribution in [0.4, 0.5) is 0 Å². The van der Waals surface area contributed by atoms with E-state index in [0.29, 0.717) is 10.9 Å². The summed E-state index contributed by atoms with van der Waals surface area (Å²) in [7, 11) is 0. The van der Waals surface area contributed by atoms with E-state index in [0.717, 1.165) is 35.5 Å². The number of hydrogen-bond acceptors (Lipinski definition) is 5. The van der Waals surface area contributed by atoms with Gasteiger partial charge in [0.2, 0.25) is 5.91 Å². The Hall–Kier alpha value is -2.67. The van der Waals surface area contributed by atoms with Crippen LogP contribution in [0.5, 0.6) is 0 Å². The number of aryl methyl sites for hydroxylation is 1. The van der Waals surface area contributed by atoms with Crippen molar-refractivity contribution in [2.75, 3.05) is 5.75 Å². The van der Waals surface area contributed by atoms with Crippen LogP contribution in [0.25, 0.3) is 17.1 Å². The van der Waals surface area contributed by atoms with Crippen LogP contribution in [0, 0.1) is 6.92 Å². The number of amides is 1. The Kier molecular flexibility index (Phi) is 6.81. The molecule has 0 spiro atoms. The largest absolute Gasteiger partial charge is 0.353 e. The third kappa shape index (κ3) is 4.78. The van der Waals surface area contributed by atoms with Gasteiger partial charge in [-0.3, -0.25) is 14.3 Å². The minimum atomic E-state index is 0.00995. The first kappa shape index (κ1) is 20.1. The monoisotopic (exact) mass is 395 g/mol. The van der Waals surface area contributed by atoms with E-state index in [9.17, 15) is 4.79 Å². The average Bonchev–Trinajstić information content (AvgIpc) is 3.11. The van der Waals surface area contributed by atoms with Crippen molar-refractivity contribution < 1.29 is 4.79 Å². The highest BCUT2D eigenvalue weighted by Crippen LogP contribution is 2.29. The maximum Gasteiger partial charge on any atom is 0.230 e. The van der Waals surface area contributed by atoms with E-state index in [1.165, 1.54) is 11.8 Å². The molecule has 2 aromatic heterocycles. The summed E-state index contributed by atoms with van der Waals surface area (Å²) in [5, 5.41) is 12.5. The van der Waals surface area contributed by atoms with Gasteiger partial charge < -0.3 is 5.32 Å². The Bertz CT molecular complexity index is 926. The average molecular weight is 396 g/mol. The van der Waals surface area contributed by atoms with Crippen molar-refractivity contribution in [2.45, 2.75) is 44.8 Å². The number of aromatic nitrogens is 4. The highest BCUT2D eigenvalue weighted by molar-refractivity contribution is 7.99. The molecule has 1 N–H and O–H groups in total. The number of pyridine rings is 1. The summed E-state index contributed by atoms with van der Waals surface area (Å²) in [6.45, 7) is 6.20. The molecule has 0 saturated carbocycles. The first-order valence-electron chi connectivity index (χ1n) is 9.44. The van der Waals surface area contributed by atoms with Gasteiger partial charge in [-0.1, -0.05) is 43.3 Å². The predicted octanol–water partition coefficient (Wildman–Crippen LogP) is 4.03. The van der Waals surface area contributed by atoms with Crippen LogP contribution in [0.2, 0.25) is 0 Å². The molecule has 0 unspecified atom stereocenters. The Morgan fingerprint density at radius 2 is 1.93 bits per heavy atom. The standard InChI is InChI=1S/C21H25N5OS/c1-4-7-16(3)23-19(27)14-28-21-25-24-20(17-10-12-22-13-11-17)26(21)18-9-6-5-8-15(18)2/h5-6,8-13,16H,4,7,14H2,1-3H3,(H,23,27)/t16-/m0/s1. The smallest absolute Gasteiger partial charge is 0.230 e. The Balaban J connectivity index is 1.89. The number of nitrogens with zero attached hydrogens (tertiary/aromatic N) is 4. The van der Waals surface area contributed by atoms with Gasteiger partial charge in [-0.15, -0.1) is 10.2 Å². The molecular formula is C21H25N5OS. The topological polar surface area (TPSA) is 72.7 Å². The lowest BCUT2D eigenvalue weighted by Crippen LogP contribution is -2.33. The van der Waals surface area contributed by atoms with Crippen LogP contribution >= 0.6 is 11.8 Å². The van der Waals surface area contributed by atoms with E-state index in [4.69, 9.17) is 0 Å². The van der Waals surface area contributed by atoms with E-state index >= 15 is 0 Å². The number of benzene rings is 1. The highest BCUT2D eigenvalue weighted by atomic mass is 32.2. The fraction of sp³-hybridized carbons (Fsp3) is 0.333. The second kappa shape index (κ2) is 9.50. The van der Waals surface area contributed by atoms with Gasteiger partial charge in [0.25, 0.3) is 0 Å². The number of carbonyl (C=O) groups excluding carboxylic acids is 1. The Labute approximate surface area is 169 Å². The molecule has 1 amide bonds. The first-order chi connectivity index (χ1) is 13.6. The number of nitrogens with one attached hydrogen (secondary N) is 1. The van der Waals surface area contributed by atoms with E-state index < -0.39 is 0 Å². The zero-order valence-corrected chi connectivity index (χ0v) is 17.2. The molecule has 3 aromatic rings. The van der Waals surface area contributed by atoms with E-state index in [1.807, 2.05) is 41.8 Å². The summed E-state index contributed by atoms with van der Waals surface area (Å²) in [4.78, 5) is 16.4. The fourth-order valence-corrected chi connectivity index (χ4v) is 3.79. The first-order valence-corrected chi connectivity index (χ1v) is 10.4. The SMILES string of the molecule is CCC[C@H](C)NC(=O)CSc1nnc(-c2ccncc2)n1-c1ccccc1C. The second-order valence-electron chi connectivity index (χ2n) is 6.71. The molecule has 1 atom stereocenters. The minimum Gasteiger partial charge on any atom is -0.353 e. The van der Waals surface area contributed by atoms with Gasteiger partial charge in [0, 0.05) is 24.0 Å². The van der Waals surface area contributed by atoms with Gasteiger partial charge in [0.1, 0.15) is 0 Å². The van der Waals surface area contributed by atoms with Gasteiger partial charge in [0.15, 0.2) is 11.0 Å². The zero-order chi connectivity index (χ0) is 19.9. The van der Waals surface area contributed by atoms with E-state index in [1.54, 1.807) is 12.4 Å². The molecule has 0 aliphatic heterocycles. The molecule has 0 aliphatic carbocycles. The van der Waals surface area contributed by atoms with Crippen LogP contribution in [0.15, 0.2) is 53.9 Å². The quantitative estimate of drug-likeness (QED) is 0.583. The molecule has 0 fully saturated rings. The summed E-state index contributed by atoms with van der Waals surface area (Å²) in [5.74, 6) is 1.05. The summed E-state index contributed by atoms with van der Waals surface area (Å²) in [5.41, 5.74) is 3.04. The summed E-state index contributed by atoms with van der Waals surface area (Å²) in [6, 6.07) is 12.1. The fourth-order valence-electron chi connectivity index (χ4n) is 3.03. The molecule has 0 saturated heterocycles. The molecular weight excluding hydrogens is 370 g/mol. The molecule has 3 rings (SSSR count). The van der Waals surface area contributed by atoms with Gasteiger partial charge in [0.05, 0.1) is 11.4 Å². The molecule has 7 heteroatoms. The number of hydrogen-bond donors (Lipinski definition) is 1. The lowest BCUT2D eigenvalue weighted by atomic mass is 10.2. The number of para-hydroxylation sites is 1. The van der Waals surface area contributed by atoms with Crippen LogP contribution in [-0.4, -0.2) is 37.5 Å². The lowest BCUT2D eigenvalue weighted by molar-refractivity contribution is -0.119. The van der Waals surface area contributed by atoms with Crippen molar-refractivity contribution in [3.8, 4) is 17.1 Å². The van der Waals surface area contributed by atoms with Crippen LogP contribution in [-0.2, 0) is 4.79 Å². The number of carbonyl (C=O) groups is 1. The van der Waals surface area contributed by atoms with Crippen molar-refractivity contribution in [1.29, 1.82) is 0 Å². The van der Waals surface area contributed by atoms with Crippen molar-refractivity contribution in [3.05, 3.63) is 54.4 Å². The van der Waals surface area contributed by atoms with Crippen molar-refractivity contribution in [2.24, 2.45) is 0 Å². The third-order valence-corrected chi connectivity index (χ3v) is 5.32. The second-order valence-corrected chi connectivity index (χ2v) is 7.65. The predicted molar refractivity (Wildman–Crippen MR) is 113 cm³/mol. The number of rotatable bonds is 8. The summed E-state index contributed by atoms with van der Waals surface area (Å²) < 4.78 is 2.01. The molecule has 2 heterocycles. The van der Waals surface area contributed by atoms with Gasteiger partial charge >= 0.3 is 0 Å². The molecule has 146 valence electrons. The third-order valence-electron chi connectivity index (χ3n) is 4.39. The normalized spacial score (nSPS) is 12.0. The van der Waals surface area contributed by atoms with Gasteiger partial charge in [-0.05, 0) is 44.0 Å². The minimum absolute atomic E-state index is 0.00995. The Morgan fingerprint density at radius 3 is 2.64 bits per heavy atom. The zero-order valence-electron chi connectivity index (χ0n) is 16.4. The van der Waals surface area contributed by atoms with Gasteiger partial charge in [-0.25, -0.2) is 0 Å². The Morgan fingerprint density at radius 1 is 1.18 bits per heavy atom. The summed E-state index contributed by atoms with van der Waals surface area (Å²) in [6.07, 6.45) is 5.50. The maximum atomic E-state index is 12.3. The van der Waals surface area contributed by atoms with Crippen LogP contribution < -0.4 is 5.32 Å². The van der Waals surface area contributed by atoms with E-state index in [-0.39, 0.29) is 11.9 Å². The maximum absolute atomic E-state index is 12.3. The van der Waals surface area contributed by atoms with Crippen LogP contribution in [0.1, 0.15) is 32.3 Å². The highest BCUT2D eigenvalue weighted by Gasteiger charge is 2.18. The van der Waals surface area contributed by atoms with Gasteiger partial charge in [-0.2, -0.15) is 0 Å². The molecule has 0 aliphatic rings. The molecule has 6 nitrogen and oxygen atoms in total. The number of thioether (sulfide) groups is 1. The molecule has 1 aromatic carbocycles. The molecule has 28 heavy (non-hydrogen) atoms. The van der Waals surface area contributed by atoms with Crippen LogP contribution in [0.3, 0.4) is 0 Å². The van der Waals surface area contributed by atoms with Crippen molar-refractivity contribution in [3.63, 3.8) is 0 Å². The van der Waals surface area contributed by atoms with Crippen molar-refractivity contribution >= 4 is 17.7 Å². The van der Waals surface area contributed by atoms with Crippen molar-refractivity contribution in [1.82, 2.24) is 25.1 Å².